The number of hydrogen-bond acceptors (Lipinski definition) is 5. The average Bonchev–Trinajstić information content (AvgIpc) is 2.52. The van der Waals surface area contributed by atoms with E-state index in [9.17, 15) is 18.3 Å². The predicted molar refractivity (Wildman–Crippen MR) is 90.5 cm³/mol. The van der Waals surface area contributed by atoms with E-state index in [1.54, 1.807) is 32.9 Å². The standard InChI is InChI=1S/C17H23NO5S/c1-6-17(20,12(3)4)15(16(19)23-7-2)18-24(21,22)14-10-8-13(5)9-11-14/h1,8-12,15,18,20H,7H2,2-5H3/t15-,17-/m1/s1. The summed E-state index contributed by atoms with van der Waals surface area (Å²) in [5.41, 5.74) is -1.14. The second-order valence-electron chi connectivity index (χ2n) is 5.74. The topological polar surface area (TPSA) is 92.7 Å². The molecule has 0 aliphatic heterocycles. The summed E-state index contributed by atoms with van der Waals surface area (Å²) in [7, 11) is -4.07. The van der Waals surface area contributed by atoms with Crippen molar-refractivity contribution >= 4 is 16.0 Å². The zero-order valence-electron chi connectivity index (χ0n) is 14.2. The second-order valence-corrected chi connectivity index (χ2v) is 7.46. The van der Waals surface area contributed by atoms with E-state index in [-0.39, 0.29) is 11.5 Å². The van der Waals surface area contributed by atoms with Crippen LogP contribution < -0.4 is 4.72 Å². The van der Waals surface area contributed by atoms with Gasteiger partial charge < -0.3 is 9.84 Å². The summed E-state index contributed by atoms with van der Waals surface area (Å²) in [5.74, 6) is 0.614. The SMILES string of the molecule is C#C[C@@](O)(C(C)C)[C@H](NS(=O)(=O)c1ccc(C)cc1)C(=O)OCC. The van der Waals surface area contributed by atoms with Crippen LogP contribution in [0.25, 0.3) is 0 Å². The molecule has 0 aromatic heterocycles. The molecule has 6 nitrogen and oxygen atoms in total. The first-order chi connectivity index (χ1) is 11.1. The van der Waals surface area contributed by atoms with Gasteiger partial charge in [-0.1, -0.05) is 37.5 Å². The van der Waals surface area contributed by atoms with Gasteiger partial charge in [0.25, 0.3) is 0 Å². The van der Waals surface area contributed by atoms with Gasteiger partial charge >= 0.3 is 5.97 Å². The number of carbonyl (C=O) groups is 1. The van der Waals surface area contributed by atoms with E-state index >= 15 is 0 Å². The maximum Gasteiger partial charge on any atom is 0.328 e. The number of sulfonamides is 1. The highest BCUT2D eigenvalue weighted by Crippen LogP contribution is 2.24. The quantitative estimate of drug-likeness (QED) is 0.568. The fraction of sp³-hybridized carbons (Fsp3) is 0.471. The summed E-state index contributed by atoms with van der Waals surface area (Å²) < 4.78 is 32.2. The van der Waals surface area contributed by atoms with Crippen LogP contribution in [0.3, 0.4) is 0 Å². The van der Waals surface area contributed by atoms with Gasteiger partial charge in [0.2, 0.25) is 10.0 Å². The molecule has 132 valence electrons. The van der Waals surface area contributed by atoms with E-state index in [4.69, 9.17) is 11.2 Å². The number of esters is 1. The highest BCUT2D eigenvalue weighted by atomic mass is 32.2. The maximum atomic E-state index is 12.5. The molecule has 0 unspecified atom stereocenters. The van der Waals surface area contributed by atoms with Crippen LogP contribution in [-0.4, -0.2) is 37.7 Å². The number of ether oxygens (including phenoxy) is 1. The third-order valence-electron chi connectivity index (χ3n) is 3.68. The summed E-state index contributed by atoms with van der Waals surface area (Å²) in [6.07, 6.45) is 5.38. The Labute approximate surface area is 143 Å². The molecule has 2 N–H and O–H groups in total. The minimum Gasteiger partial charge on any atom is -0.465 e. The number of rotatable bonds is 7. The lowest BCUT2D eigenvalue weighted by Crippen LogP contribution is -2.59. The molecular formula is C17H23NO5S. The third kappa shape index (κ3) is 4.35. The lowest BCUT2D eigenvalue weighted by atomic mass is 9.84. The molecule has 0 saturated heterocycles. The van der Waals surface area contributed by atoms with Crippen molar-refractivity contribution in [3.63, 3.8) is 0 Å². The van der Waals surface area contributed by atoms with Crippen LogP contribution in [0, 0.1) is 25.2 Å². The molecule has 0 radical (unpaired) electrons. The molecule has 0 heterocycles. The largest absolute Gasteiger partial charge is 0.465 e. The zero-order chi connectivity index (χ0) is 18.5. The lowest BCUT2D eigenvalue weighted by Gasteiger charge is -2.33. The molecule has 7 heteroatoms. The van der Waals surface area contributed by atoms with E-state index in [1.807, 2.05) is 6.92 Å². The molecule has 0 aliphatic carbocycles. The van der Waals surface area contributed by atoms with E-state index in [2.05, 4.69) is 10.6 Å². The van der Waals surface area contributed by atoms with Crippen LogP contribution in [-0.2, 0) is 19.6 Å². The summed E-state index contributed by atoms with van der Waals surface area (Å²) in [6, 6.07) is 4.45. The van der Waals surface area contributed by atoms with Crippen LogP contribution in [0.5, 0.6) is 0 Å². The van der Waals surface area contributed by atoms with Gasteiger partial charge in [-0.05, 0) is 31.9 Å². The fourth-order valence-corrected chi connectivity index (χ4v) is 3.28. The van der Waals surface area contributed by atoms with Gasteiger partial charge in [-0.2, -0.15) is 4.72 Å². The Hall–Kier alpha value is -1.88. The molecule has 0 saturated carbocycles. The van der Waals surface area contributed by atoms with Gasteiger partial charge in [-0.15, -0.1) is 6.42 Å². The monoisotopic (exact) mass is 353 g/mol. The molecule has 0 aliphatic rings. The van der Waals surface area contributed by atoms with E-state index in [0.717, 1.165) is 5.56 Å². The number of hydrogen-bond donors (Lipinski definition) is 2. The zero-order valence-corrected chi connectivity index (χ0v) is 15.1. The van der Waals surface area contributed by atoms with Gasteiger partial charge in [0.1, 0.15) is 0 Å². The second kappa shape index (κ2) is 7.79. The number of benzene rings is 1. The molecule has 2 atom stereocenters. The molecule has 1 aromatic carbocycles. The molecule has 0 fully saturated rings. The van der Waals surface area contributed by atoms with E-state index in [0.29, 0.717) is 0 Å². The minimum atomic E-state index is -4.07. The first-order valence-corrected chi connectivity index (χ1v) is 9.02. The summed E-state index contributed by atoms with van der Waals surface area (Å²) >= 11 is 0. The highest BCUT2D eigenvalue weighted by molar-refractivity contribution is 7.89. The number of terminal acetylenes is 1. The van der Waals surface area contributed by atoms with Crippen molar-refractivity contribution < 1.29 is 23.1 Å². The molecule has 24 heavy (non-hydrogen) atoms. The van der Waals surface area contributed by atoms with Crippen molar-refractivity contribution in [2.75, 3.05) is 6.61 Å². The number of aryl methyl sites for hydroxylation is 1. The van der Waals surface area contributed by atoms with E-state index in [1.165, 1.54) is 12.1 Å². The summed E-state index contributed by atoms with van der Waals surface area (Å²) in [5, 5.41) is 10.6. The normalized spacial score (nSPS) is 15.4. The molecule has 1 aromatic rings. The fourth-order valence-electron chi connectivity index (χ4n) is 2.07. The lowest BCUT2D eigenvalue weighted by molar-refractivity contribution is -0.151. The van der Waals surface area contributed by atoms with Gasteiger partial charge in [0.15, 0.2) is 11.6 Å². The molecule has 1 rings (SSSR count). The van der Waals surface area contributed by atoms with E-state index < -0.39 is 33.6 Å². The summed E-state index contributed by atoms with van der Waals surface area (Å²) in [4.78, 5) is 12.2. The van der Waals surface area contributed by atoms with Gasteiger partial charge in [0, 0.05) is 0 Å². The number of carbonyl (C=O) groups excluding carboxylic acids is 1. The van der Waals surface area contributed by atoms with Crippen molar-refractivity contribution in [3.05, 3.63) is 29.8 Å². The first-order valence-electron chi connectivity index (χ1n) is 7.54. The number of aliphatic hydroxyl groups is 1. The molecule has 0 bridgehead atoms. The van der Waals surface area contributed by atoms with Crippen molar-refractivity contribution in [1.29, 1.82) is 0 Å². The Bertz CT molecular complexity index is 718. The van der Waals surface area contributed by atoms with Gasteiger partial charge in [-0.3, -0.25) is 4.79 Å². The number of nitrogens with one attached hydrogen (secondary N) is 1. The highest BCUT2D eigenvalue weighted by Gasteiger charge is 2.46. The third-order valence-corrected chi connectivity index (χ3v) is 5.12. The van der Waals surface area contributed by atoms with Crippen molar-refractivity contribution in [3.8, 4) is 12.3 Å². The predicted octanol–water partition coefficient (Wildman–Crippen LogP) is 1.23. The minimum absolute atomic E-state index is 0.0281. The maximum absolute atomic E-state index is 12.5. The average molecular weight is 353 g/mol. The van der Waals surface area contributed by atoms with Crippen LogP contribution in [0.2, 0.25) is 0 Å². The van der Waals surface area contributed by atoms with Crippen LogP contribution in [0.4, 0.5) is 0 Å². The van der Waals surface area contributed by atoms with Gasteiger partial charge in [0.05, 0.1) is 11.5 Å². The molecular weight excluding hydrogens is 330 g/mol. The summed E-state index contributed by atoms with van der Waals surface area (Å²) in [6.45, 7) is 6.60. The van der Waals surface area contributed by atoms with Crippen LogP contribution in [0.1, 0.15) is 26.3 Å². The Morgan fingerprint density at radius 1 is 1.38 bits per heavy atom. The van der Waals surface area contributed by atoms with Crippen LogP contribution >= 0.6 is 0 Å². The van der Waals surface area contributed by atoms with Crippen molar-refractivity contribution in [1.82, 2.24) is 4.72 Å². The smallest absolute Gasteiger partial charge is 0.328 e. The Balaban J connectivity index is 3.29. The van der Waals surface area contributed by atoms with Crippen LogP contribution in [0.15, 0.2) is 29.2 Å². The van der Waals surface area contributed by atoms with Crippen molar-refractivity contribution in [2.24, 2.45) is 5.92 Å². The Morgan fingerprint density at radius 2 is 1.92 bits per heavy atom. The molecule has 0 spiro atoms. The Kier molecular flexibility index (Phi) is 6.55. The first kappa shape index (κ1) is 20.2. The Morgan fingerprint density at radius 3 is 2.33 bits per heavy atom. The van der Waals surface area contributed by atoms with Crippen molar-refractivity contribution in [2.45, 2.75) is 44.2 Å². The molecule has 0 amide bonds. The van der Waals surface area contributed by atoms with Gasteiger partial charge in [-0.25, -0.2) is 8.42 Å².